The van der Waals surface area contributed by atoms with E-state index >= 15 is 4.39 Å². The second-order valence-electron chi connectivity index (χ2n) is 12.5. The van der Waals surface area contributed by atoms with Crippen molar-refractivity contribution in [3.8, 4) is 11.1 Å². The second kappa shape index (κ2) is 12.3. The fourth-order valence-electron chi connectivity index (χ4n) is 6.59. The molecule has 2 N–H and O–H groups in total. The maximum absolute atomic E-state index is 15.8. The zero-order chi connectivity index (χ0) is 33.7. The highest BCUT2D eigenvalue weighted by Crippen LogP contribution is 2.43. The van der Waals surface area contributed by atoms with Gasteiger partial charge in [0.05, 0.1) is 24.5 Å². The minimum absolute atomic E-state index is 0.0443. The molecular weight excluding hydrogens is 616 g/mol. The summed E-state index contributed by atoms with van der Waals surface area (Å²) in [7, 11) is 1.50. The van der Waals surface area contributed by atoms with Crippen molar-refractivity contribution < 1.29 is 31.9 Å². The molecule has 2 amide bonds. The van der Waals surface area contributed by atoms with Crippen LogP contribution in [0.1, 0.15) is 78.0 Å². The number of nitrogens with zero attached hydrogens (tertiary/aromatic N) is 4. The predicted octanol–water partition coefficient (Wildman–Crippen LogP) is 5.49. The molecule has 0 bridgehead atoms. The molecule has 9 nitrogen and oxygen atoms in total. The molecule has 0 unspecified atom stereocenters. The summed E-state index contributed by atoms with van der Waals surface area (Å²) in [5.41, 5.74) is 3.43. The predicted molar refractivity (Wildman–Crippen MR) is 167 cm³/mol. The maximum Gasteiger partial charge on any atom is 0.433 e. The van der Waals surface area contributed by atoms with Crippen molar-refractivity contribution in [3.05, 3.63) is 75.6 Å². The van der Waals surface area contributed by atoms with Gasteiger partial charge in [-0.15, -0.1) is 0 Å². The van der Waals surface area contributed by atoms with Crippen LogP contribution in [0.25, 0.3) is 11.1 Å². The fourth-order valence-corrected chi connectivity index (χ4v) is 6.59. The Balaban J connectivity index is 1.28. The minimum atomic E-state index is -4.57. The molecule has 0 atom stereocenters. The number of methoxy groups -OCH3 is 1. The van der Waals surface area contributed by atoms with E-state index in [0.29, 0.717) is 65.4 Å². The Labute approximate surface area is 269 Å². The molecule has 1 aliphatic carbocycles. The van der Waals surface area contributed by atoms with E-state index in [0.717, 1.165) is 30.0 Å². The number of rotatable bonds is 8. The van der Waals surface area contributed by atoms with Crippen molar-refractivity contribution >= 4 is 23.3 Å². The van der Waals surface area contributed by atoms with Crippen LogP contribution in [0, 0.1) is 19.7 Å². The first-order chi connectivity index (χ1) is 22.3. The number of carbonyl (C=O) groups excluding carboxylic acids is 2. The van der Waals surface area contributed by atoms with Crippen molar-refractivity contribution in [1.82, 2.24) is 20.6 Å². The quantitative estimate of drug-likeness (QED) is 0.312. The first-order valence-electron chi connectivity index (χ1n) is 15.6. The maximum atomic E-state index is 15.8. The van der Waals surface area contributed by atoms with Crippen molar-refractivity contribution in [2.24, 2.45) is 4.99 Å². The lowest BCUT2D eigenvalue weighted by Crippen LogP contribution is -2.49. The van der Waals surface area contributed by atoms with Gasteiger partial charge < -0.3 is 20.3 Å². The molecule has 3 aliphatic rings. The van der Waals surface area contributed by atoms with Gasteiger partial charge in [-0.2, -0.15) is 13.2 Å². The molecule has 2 aliphatic heterocycles. The molecule has 13 heteroatoms. The van der Waals surface area contributed by atoms with E-state index < -0.39 is 23.2 Å². The zero-order valence-electron chi connectivity index (χ0n) is 26.6. The van der Waals surface area contributed by atoms with E-state index in [1.165, 1.54) is 26.2 Å². The number of anilines is 1. The summed E-state index contributed by atoms with van der Waals surface area (Å²) in [5.74, 6) is -0.737. The number of hydrogen-bond acceptors (Lipinski definition) is 7. The highest BCUT2D eigenvalue weighted by atomic mass is 19.4. The highest BCUT2D eigenvalue weighted by molar-refractivity contribution is 6.16. The van der Waals surface area contributed by atoms with Gasteiger partial charge in [0.1, 0.15) is 22.9 Å². The van der Waals surface area contributed by atoms with Crippen molar-refractivity contribution in [1.29, 1.82) is 0 Å². The first-order valence-corrected chi connectivity index (χ1v) is 15.6. The van der Waals surface area contributed by atoms with Gasteiger partial charge in [0, 0.05) is 61.1 Å². The third-order valence-corrected chi connectivity index (χ3v) is 9.06. The number of benzene rings is 1. The van der Waals surface area contributed by atoms with Crippen LogP contribution in [-0.4, -0.2) is 53.4 Å². The molecule has 2 aromatic heterocycles. The lowest BCUT2D eigenvalue weighted by molar-refractivity contribution is -0.141. The Morgan fingerprint density at radius 2 is 1.85 bits per heavy atom. The summed E-state index contributed by atoms with van der Waals surface area (Å²) in [6.07, 6.45) is -2.45. The SMILES string of the molecule is COCc1c(F)cc(-c2c(C)cc(CNC(C)=O)nc2C)cc1N1CCC2(CC1)N=C(c1ccc(C(F)(F)F)nc1C1CC1)NC2=O. The molecule has 248 valence electrons. The molecule has 6 rings (SSSR count). The van der Waals surface area contributed by atoms with Crippen LogP contribution in [0.4, 0.5) is 23.2 Å². The van der Waals surface area contributed by atoms with Gasteiger partial charge in [-0.25, -0.2) is 9.37 Å². The van der Waals surface area contributed by atoms with Crippen LogP contribution >= 0.6 is 0 Å². The van der Waals surface area contributed by atoms with Crippen LogP contribution in [-0.2, 0) is 33.7 Å². The molecule has 1 saturated heterocycles. The number of amidine groups is 1. The third kappa shape index (κ3) is 6.45. The number of nitrogens with one attached hydrogen (secondary N) is 2. The first kappa shape index (κ1) is 32.5. The van der Waals surface area contributed by atoms with Gasteiger partial charge >= 0.3 is 6.18 Å². The average Bonchev–Trinajstić information content (AvgIpc) is 3.81. The topological polar surface area (TPSA) is 109 Å². The smallest absolute Gasteiger partial charge is 0.380 e. The number of alkyl halides is 3. The summed E-state index contributed by atoms with van der Waals surface area (Å²) in [6.45, 7) is 6.31. The zero-order valence-corrected chi connectivity index (χ0v) is 26.6. The number of pyridine rings is 2. The van der Waals surface area contributed by atoms with E-state index in [4.69, 9.17) is 9.73 Å². The van der Waals surface area contributed by atoms with E-state index in [1.54, 1.807) is 0 Å². The number of hydrogen-bond donors (Lipinski definition) is 2. The molecule has 1 spiro atoms. The lowest BCUT2D eigenvalue weighted by Gasteiger charge is -2.38. The Morgan fingerprint density at radius 1 is 1.13 bits per heavy atom. The molecule has 1 saturated carbocycles. The Hall–Kier alpha value is -4.39. The van der Waals surface area contributed by atoms with Crippen LogP contribution < -0.4 is 15.5 Å². The molecule has 0 radical (unpaired) electrons. The number of aromatic nitrogens is 2. The van der Waals surface area contributed by atoms with Crippen molar-refractivity contribution in [3.63, 3.8) is 0 Å². The van der Waals surface area contributed by atoms with Gasteiger partial charge in [0.15, 0.2) is 0 Å². The van der Waals surface area contributed by atoms with Crippen LogP contribution in [0.15, 0.2) is 35.3 Å². The number of aryl methyl sites for hydroxylation is 2. The number of aliphatic imine (C=N–C) groups is 1. The Morgan fingerprint density at radius 3 is 2.47 bits per heavy atom. The van der Waals surface area contributed by atoms with E-state index in [2.05, 4.69) is 20.6 Å². The molecule has 47 heavy (non-hydrogen) atoms. The third-order valence-electron chi connectivity index (χ3n) is 9.06. The summed E-state index contributed by atoms with van der Waals surface area (Å²) in [6, 6.07) is 7.55. The Bertz CT molecular complexity index is 1760. The van der Waals surface area contributed by atoms with E-state index in [9.17, 15) is 22.8 Å². The van der Waals surface area contributed by atoms with Crippen LogP contribution in [0.2, 0.25) is 0 Å². The normalized spacial score (nSPS) is 17.6. The van der Waals surface area contributed by atoms with Crippen LogP contribution in [0.5, 0.6) is 0 Å². The number of piperidine rings is 1. The largest absolute Gasteiger partial charge is 0.433 e. The van der Waals surface area contributed by atoms with E-state index in [-0.39, 0.29) is 36.7 Å². The van der Waals surface area contributed by atoms with Gasteiger partial charge in [-0.3, -0.25) is 19.6 Å². The summed E-state index contributed by atoms with van der Waals surface area (Å²) in [5, 5.41) is 5.58. The number of amides is 2. The highest BCUT2D eigenvalue weighted by Gasteiger charge is 2.47. The lowest BCUT2D eigenvalue weighted by atomic mass is 9.87. The van der Waals surface area contributed by atoms with E-state index in [1.807, 2.05) is 30.9 Å². The van der Waals surface area contributed by atoms with Gasteiger partial charge in [0.2, 0.25) is 5.91 Å². The standard InChI is InChI=1S/C34H36F4N6O3/c1-18-13-23(16-39-20(3)45)40-19(2)29(18)22-14-26(35)25(17-47-4)27(15-22)44-11-9-33(10-12-44)32(46)42-31(43-33)24-7-8-28(34(36,37)38)41-30(24)21-5-6-21/h7-8,13-15,21H,5-6,9-12,16-17H2,1-4H3,(H,39,45)(H,42,43,46). The van der Waals surface area contributed by atoms with Gasteiger partial charge in [0.25, 0.3) is 5.91 Å². The molecule has 2 fully saturated rings. The van der Waals surface area contributed by atoms with Gasteiger partial charge in [-0.1, -0.05) is 0 Å². The molecule has 1 aromatic carbocycles. The molecule has 4 heterocycles. The van der Waals surface area contributed by atoms with Gasteiger partial charge in [-0.05, 0) is 81.0 Å². The molecule has 3 aromatic rings. The summed E-state index contributed by atoms with van der Waals surface area (Å²) in [4.78, 5) is 40.2. The van der Waals surface area contributed by atoms with Crippen molar-refractivity contribution in [2.45, 2.75) is 77.2 Å². The fraction of sp³-hybridized carbons (Fsp3) is 0.441. The van der Waals surface area contributed by atoms with Crippen molar-refractivity contribution in [2.75, 3.05) is 25.1 Å². The number of halogens is 4. The minimum Gasteiger partial charge on any atom is -0.380 e. The number of carbonyl (C=O) groups is 2. The summed E-state index contributed by atoms with van der Waals surface area (Å²) < 4.78 is 61.3. The Kier molecular flexibility index (Phi) is 8.54. The molecular formula is C34H36F4N6O3. The monoisotopic (exact) mass is 652 g/mol. The second-order valence-corrected chi connectivity index (χ2v) is 12.5. The van der Waals surface area contributed by atoms with Crippen LogP contribution in [0.3, 0.4) is 0 Å². The average molecular weight is 653 g/mol. The summed E-state index contributed by atoms with van der Waals surface area (Å²) >= 11 is 0. The number of ether oxygens (including phenoxy) is 1.